The maximum absolute atomic E-state index is 4.25. The molecule has 1 unspecified atom stereocenters. The average molecular weight is 258 g/mol. The minimum Gasteiger partial charge on any atom is -0.352 e. The molecular formula is C15H22N4. The molecule has 0 radical (unpaired) electrons. The molecule has 4 heteroatoms. The van der Waals surface area contributed by atoms with Gasteiger partial charge < -0.3 is 9.88 Å². The van der Waals surface area contributed by atoms with Crippen LogP contribution in [0.1, 0.15) is 36.9 Å². The Hall–Kier alpha value is -1.55. The Kier molecular flexibility index (Phi) is 3.69. The summed E-state index contributed by atoms with van der Waals surface area (Å²) in [6, 6.07) is 2.53. The highest BCUT2D eigenvalue weighted by Gasteiger charge is 2.20. The summed E-state index contributed by atoms with van der Waals surface area (Å²) in [5.41, 5.74) is 3.03. The quantitative estimate of drug-likeness (QED) is 0.893. The average Bonchev–Trinajstić information content (AvgIpc) is 3.06. The van der Waals surface area contributed by atoms with E-state index in [0.29, 0.717) is 6.04 Å². The van der Waals surface area contributed by atoms with Gasteiger partial charge in [0.15, 0.2) is 0 Å². The third kappa shape index (κ3) is 2.73. The van der Waals surface area contributed by atoms with Gasteiger partial charge in [-0.25, -0.2) is 0 Å². The Morgan fingerprint density at radius 2 is 2.32 bits per heavy atom. The molecule has 0 fully saturated rings. The smallest absolute Gasteiger partial charge is 0.0588 e. The highest BCUT2D eigenvalue weighted by molar-refractivity contribution is 5.30. The second kappa shape index (κ2) is 5.61. The molecule has 0 amide bonds. The predicted octanol–water partition coefficient (Wildman–Crippen LogP) is 2.37. The van der Waals surface area contributed by atoms with Crippen LogP contribution in [-0.4, -0.2) is 20.9 Å². The van der Waals surface area contributed by atoms with Crippen molar-refractivity contribution in [1.29, 1.82) is 0 Å². The van der Waals surface area contributed by atoms with E-state index < -0.39 is 0 Å². The third-order valence-electron chi connectivity index (χ3n) is 3.91. The van der Waals surface area contributed by atoms with Gasteiger partial charge in [-0.1, -0.05) is 6.92 Å². The molecule has 0 saturated heterocycles. The van der Waals surface area contributed by atoms with E-state index in [1.807, 2.05) is 23.1 Å². The lowest BCUT2D eigenvalue weighted by atomic mass is 9.91. The lowest BCUT2D eigenvalue weighted by molar-refractivity contribution is 0.473. The van der Waals surface area contributed by atoms with Gasteiger partial charge in [-0.05, 0) is 43.0 Å². The summed E-state index contributed by atoms with van der Waals surface area (Å²) < 4.78 is 4.31. The fraction of sp³-hybridized carbons (Fsp3) is 0.533. The van der Waals surface area contributed by atoms with Gasteiger partial charge >= 0.3 is 0 Å². The van der Waals surface area contributed by atoms with E-state index >= 15 is 0 Å². The van der Waals surface area contributed by atoms with E-state index in [-0.39, 0.29) is 0 Å². The molecule has 1 atom stereocenters. The van der Waals surface area contributed by atoms with Crippen LogP contribution in [0.25, 0.3) is 0 Å². The largest absolute Gasteiger partial charge is 0.352 e. The topological polar surface area (TPSA) is 34.8 Å². The zero-order valence-electron chi connectivity index (χ0n) is 11.5. The van der Waals surface area contributed by atoms with Crippen LogP contribution in [-0.2, 0) is 19.5 Å². The summed E-state index contributed by atoms with van der Waals surface area (Å²) in [5.74, 6) is 0. The zero-order valence-corrected chi connectivity index (χ0v) is 11.5. The van der Waals surface area contributed by atoms with Gasteiger partial charge in [0.1, 0.15) is 0 Å². The Bertz CT molecular complexity index is 512. The second-order valence-electron chi connectivity index (χ2n) is 5.25. The van der Waals surface area contributed by atoms with Gasteiger partial charge in [0.2, 0.25) is 0 Å². The van der Waals surface area contributed by atoms with Crippen molar-refractivity contribution < 1.29 is 0 Å². The highest BCUT2D eigenvalue weighted by Crippen LogP contribution is 2.30. The molecule has 0 saturated carbocycles. The van der Waals surface area contributed by atoms with Crippen LogP contribution in [0.3, 0.4) is 0 Å². The summed E-state index contributed by atoms with van der Waals surface area (Å²) in [6.45, 7) is 5.16. The first kappa shape index (κ1) is 12.5. The van der Waals surface area contributed by atoms with Crippen LogP contribution in [0.2, 0.25) is 0 Å². The summed E-state index contributed by atoms with van der Waals surface area (Å²) in [7, 11) is 0. The van der Waals surface area contributed by atoms with Crippen LogP contribution < -0.4 is 5.32 Å². The molecule has 0 aromatic carbocycles. The van der Waals surface area contributed by atoms with Gasteiger partial charge in [-0.3, -0.25) is 4.68 Å². The Balaban J connectivity index is 1.70. The molecule has 1 aliphatic rings. The number of nitrogens with one attached hydrogen (secondary N) is 1. The molecule has 2 aromatic heterocycles. The van der Waals surface area contributed by atoms with Gasteiger partial charge in [-0.15, -0.1) is 0 Å². The summed E-state index contributed by atoms with van der Waals surface area (Å²) in [5, 5.41) is 7.84. The van der Waals surface area contributed by atoms with Crippen molar-refractivity contribution in [3.05, 3.63) is 42.0 Å². The van der Waals surface area contributed by atoms with E-state index in [2.05, 4.69) is 34.3 Å². The molecule has 2 aromatic rings. The number of nitrogens with zero attached hydrogens (tertiary/aromatic N) is 3. The van der Waals surface area contributed by atoms with Crippen molar-refractivity contribution in [2.24, 2.45) is 0 Å². The van der Waals surface area contributed by atoms with Crippen molar-refractivity contribution in [3.8, 4) is 0 Å². The van der Waals surface area contributed by atoms with E-state index in [0.717, 1.165) is 19.6 Å². The Morgan fingerprint density at radius 3 is 3.11 bits per heavy atom. The molecule has 19 heavy (non-hydrogen) atoms. The maximum atomic E-state index is 4.25. The SMILES string of the molecule is CCNC1CCCc2cn(CCn3cccn3)cc21. The van der Waals surface area contributed by atoms with Crippen molar-refractivity contribution >= 4 is 0 Å². The molecule has 0 bridgehead atoms. The number of aryl methyl sites for hydroxylation is 3. The van der Waals surface area contributed by atoms with Crippen molar-refractivity contribution in [1.82, 2.24) is 19.7 Å². The van der Waals surface area contributed by atoms with Crippen molar-refractivity contribution in [2.75, 3.05) is 6.54 Å². The monoisotopic (exact) mass is 258 g/mol. The molecule has 0 spiro atoms. The number of hydrogen-bond donors (Lipinski definition) is 1. The van der Waals surface area contributed by atoms with Crippen LogP contribution in [0.5, 0.6) is 0 Å². The fourth-order valence-electron chi connectivity index (χ4n) is 2.99. The molecule has 3 rings (SSSR count). The minimum absolute atomic E-state index is 0.555. The first-order valence-corrected chi connectivity index (χ1v) is 7.26. The zero-order chi connectivity index (χ0) is 13.1. The third-order valence-corrected chi connectivity index (χ3v) is 3.91. The van der Waals surface area contributed by atoms with Crippen LogP contribution >= 0.6 is 0 Å². The normalized spacial score (nSPS) is 18.5. The molecular weight excluding hydrogens is 236 g/mol. The van der Waals surface area contributed by atoms with Crippen LogP contribution in [0.4, 0.5) is 0 Å². The van der Waals surface area contributed by atoms with E-state index in [9.17, 15) is 0 Å². The van der Waals surface area contributed by atoms with E-state index in [4.69, 9.17) is 0 Å². The van der Waals surface area contributed by atoms with Gasteiger partial charge in [0, 0.05) is 37.4 Å². The fourth-order valence-corrected chi connectivity index (χ4v) is 2.99. The Morgan fingerprint density at radius 1 is 1.37 bits per heavy atom. The number of aromatic nitrogens is 3. The minimum atomic E-state index is 0.555. The molecule has 1 N–H and O–H groups in total. The van der Waals surface area contributed by atoms with Crippen LogP contribution in [0.15, 0.2) is 30.9 Å². The van der Waals surface area contributed by atoms with Gasteiger partial charge in [-0.2, -0.15) is 5.10 Å². The first-order valence-electron chi connectivity index (χ1n) is 7.26. The number of hydrogen-bond acceptors (Lipinski definition) is 2. The van der Waals surface area contributed by atoms with Gasteiger partial charge in [0.25, 0.3) is 0 Å². The highest BCUT2D eigenvalue weighted by atomic mass is 15.3. The maximum Gasteiger partial charge on any atom is 0.0588 e. The lowest BCUT2D eigenvalue weighted by Gasteiger charge is -2.22. The van der Waals surface area contributed by atoms with E-state index in [1.54, 1.807) is 0 Å². The van der Waals surface area contributed by atoms with Crippen LogP contribution in [0, 0.1) is 0 Å². The Labute approximate surface area is 114 Å². The molecule has 2 heterocycles. The summed E-state index contributed by atoms with van der Waals surface area (Å²) in [6.07, 6.45) is 12.3. The summed E-state index contributed by atoms with van der Waals surface area (Å²) in [4.78, 5) is 0. The summed E-state index contributed by atoms with van der Waals surface area (Å²) >= 11 is 0. The number of fused-ring (bicyclic) bond motifs is 1. The molecule has 1 aliphatic carbocycles. The molecule has 102 valence electrons. The standard InChI is InChI=1S/C15H22N4/c1-2-16-15-6-3-5-13-11-18(12-14(13)15)9-10-19-8-4-7-17-19/h4,7-8,11-12,15-16H,2-3,5-6,9-10H2,1H3. The predicted molar refractivity (Wildman–Crippen MR) is 76.0 cm³/mol. The lowest BCUT2D eigenvalue weighted by Crippen LogP contribution is -2.23. The first-order chi connectivity index (χ1) is 9.36. The molecule has 4 nitrogen and oxygen atoms in total. The van der Waals surface area contributed by atoms with Gasteiger partial charge in [0.05, 0.1) is 6.54 Å². The van der Waals surface area contributed by atoms with E-state index in [1.165, 1.54) is 30.4 Å². The number of rotatable bonds is 5. The molecule has 0 aliphatic heterocycles. The van der Waals surface area contributed by atoms with Crippen molar-refractivity contribution in [2.45, 2.75) is 45.3 Å². The second-order valence-corrected chi connectivity index (χ2v) is 5.25. The van der Waals surface area contributed by atoms with Crippen molar-refractivity contribution in [3.63, 3.8) is 0 Å².